The average molecular weight is 355 g/mol. The Balaban J connectivity index is 2.07. The first kappa shape index (κ1) is 17.7. The van der Waals surface area contributed by atoms with Crippen LogP contribution in [-0.2, 0) is 22.3 Å². The zero-order valence-electron chi connectivity index (χ0n) is 13.2. The number of nitrogens with zero attached hydrogens (tertiary/aromatic N) is 3. The third kappa shape index (κ3) is 5.46. The Morgan fingerprint density at radius 3 is 2.61 bits per heavy atom. The van der Waals surface area contributed by atoms with Crippen molar-refractivity contribution in [3.05, 3.63) is 52.4 Å². The van der Waals surface area contributed by atoms with Gasteiger partial charge < -0.3 is 4.90 Å². The number of aryl methyl sites for hydroxylation is 1. The lowest BCUT2D eigenvalue weighted by Gasteiger charge is -2.13. The molecule has 0 atom stereocenters. The standard InChI is InChI=1S/C15H19ClN4O2S/c1-11-7-15(20(2)3)19-14(18-11)9-17-23(21,22)10-12-5-4-6-13(16)8-12/h4-8,17H,9-10H2,1-3H3. The van der Waals surface area contributed by atoms with Crippen molar-refractivity contribution in [3.63, 3.8) is 0 Å². The summed E-state index contributed by atoms with van der Waals surface area (Å²) in [5.74, 6) is 1.03. The molecule has 0 unspecified atom stereocenters. The van der Waals surface area contributed by atoms with E-state index < -0.39 is 10.0 Å². The van der Waals surface area contributed by atoms with E-state index in [4.69, 9.17) is 11.6 Å². The highest BCUT2D eigenvalue weighted by Crippen LogP contribution is 2.13. The molecule has 0 fully saturated rings. The molecule has 1 aromatic carbocycles. The molecule has 0 spiro atoms. The molecule has 0 saturated heterocycles. The molecule has 0 amide bonds. The van der Waals surface area contributed by atoms with E-state index in [0.29, 0.717) is 16.4 Å². The fourth-order valence-corrected chi connectivity index (χ4v) is 3.27. The zero-order chi connectivity index (χ0) is 17.0. The van der Waals surface area contributed by atoms with Crippen molar-refractivity contribution in [1.29, 1.82) is 0 Å². The van der Waals surface area contributed by atoms with Crippen LogP contribution in [0.1, 0.15) is 17.1 Å². The second kappa shape index (κ2) is 7.25. The molecule has 124 valence electrons. The second-order valence-electron chi connectivity index (χ2n) is 5.39. The molecule has 1 aromatic heterocycles. The van der Waals surface area contributed by atoms with Gasteiger partial charge in [0.15, 0.2) is 0 Å². The van der Waals surface area contributed by atoms with Gasteiger partial charge in [-0.25, -0.2) is 23.1 Å². The molecular weight excluding hydrogens is 336 g/mol. The van der Waals surface area contributed by atoms with E-state index in [1.54, 1.807) is 24.3 Å². The summed E-state index contributed by atoms with van der Waals surface area (Å²) in [6.45, 7) is 1.89. The summed E-state index contributed by atoms with van der Waals surface area (Å²) in [6.07, 6.45) is 0. The van der Waals surface area contributed by atoms with Crippen LogP contribution in [0.2, 0.25) is 5.02 Å². The summed E-state index contributed by atoms with van der Waals surface area (Å²) in [7, 11) is 0.242. The van der Waals surface area contributed by atoms with Gasteiger partial charge >= 0.3 is 0 Å². The fourth-order valence-electron chi connectivity index (χ4n) is 1.99. The van der Waals surface area contributed by atoms with Gasteiger partial charge in [0.05, 0.1) is 12.3 Å². The van der Waals surface area contributed by atoms with Gasteiger partial charge in [-0.15, -0.1) is 0 Å². The molecule has 0 saturated carbocycles. The molecule has 1 N–H and O–H groups in total. The number of anilines is 1. The summed E-state index contributed by atoms with van der Waals surface area (Å²) >= 11 is 5.87. The van der Waals surface area contributed by atoms with Gasteiger partial charge in [0, 0.05) is 30.9 Å². The Labute approximate surface area is 141 Å². The number of nitrogens with one attached hydrogen (secondary N) is 1. The third-order valence-corrected chi connectivity index (χ3v) is 4.57. The highest BCUT2D eigenvalue weighted by Gasteiger charge is 2.13. The molecule has 23 heavy (non-hydrogen) atoms. The number of hydrogen-bond donors (Lipinski definition) is 1. The van der Waals surface area contributed by atoms with Crippen LogP contribution in [0.25, 0.3) is 0 Å². The van der Waals surface area contributed by atoms with Crippen molar-refractivity contribution in [2.75, 3.05) is 19.0 Å². The van der Waals surface area contributed by atoms with Crippen molar-refractivity contribution in [3.8, 4) is 0 Å². The number of rotatable bonds is 6. The van der Waals surface area contributed by atoms with Gasteiger partial charge in [0.1, 0.15) is 11.6 Å². The molecule has 2 aromatic rings. The maximum absolute atomic E-state index is 12.2. The SMILES string of the molecule is Cc1cc(N(C)C)nc(CNS(=O)(=O)Cc2cccc(Cl)c2)n1. The molecule has 2 rings (SSSR count). The Bertz CT molecular complexity index is 794. The molecule has 0 aliphatic rings. The van der Waals surface area contributed by atoms with E-state index in [1.807, 2.05) is 32.0 Å². The monoisotopic (exact) mass is 354 g/mol. The Kier molecular flexibility index (Phi) is 5.56. The van der Waals surface area contributed by atoms with Crippen LogP contribution in [0.3, 0.4) is 0 Å². The van der Waals surface area contributed by atoms with Gasteiger partial charge in [-0.05, 0) is 24.6 Å². The molecule has 0 aliphatic heterocycles. The quantitative estimate of drug-likeness (QED) is 0.860. The van der Waals surface area contributed by atoms with Crippen molar-refractivity contribution >= 4 is 27.4 Å². The second-order valence-corrected chi connectivity index (χ2v) is 7.63. The fraction of sp³-hybridized carbons (Fsp3) is 0.333. The van der Waals surface area contributed by atoms with Gasteiger partial charge in [0.2, 0.25) is 10.0 Å². The lowest BCUT2D eigenvalue weighted by Crippen LogP contribution is -2.26. The van der Waals surface area contributed by atoms with E-state index in [9.17, 15) is 8.42 Å². The summed E-state index contributed by atoms with van der Waals surface area (Å²) in [5.41, 5.74) is 1.41. The summed E-state index contributed by atoms with van der Waals surface area (Å²) in [4.78, 5) is 10.4. The minimum Gasteiger partial charge on any atom is -0.363 e. The third-order valence-electron chi connectivity index (χ3n) is 3.04. The van der Waals surface area contributed by atoms with E-state index in [0.717, 1.165) is 11.5 Å². The number of aromatic nitrogens is 2. The van der Waals surface area contributed by atoms with Crippen LogP contribution in [0.15, 0.2) is 30.3 Å². The van der Waals surface area contributed by atoms with Crippen molar-refractivity contribution in [2.24, 2.45) is 0 Å². The Morgan fingerprint density at radius 1 is 1.22 bits per heavy atom. The predicted octanol–water partition coefficient (Wildman–Crippen LogP) is 2.12. The molecule has 1 heterocycles. The van der Waals surface area contributed by atoms with Crippen LogP contribution in [0.5, 0.6) is 0 Å². The maximum Gasteiger partial charge on any atom is 0.216 e. The molecule has 8 heteroatoms. The summed E-state index contributed by atoms with van der Waals surface area (Å²) < 4.78 is 26.9. The topological polar surface area (TPSA) is 75.2 Å². The Hall–Kier alpha value is -1.70. The minimum absolute atomic E-state index is 0.0470. The Morgan fingerprint density at radius 2 is 1.96 bits per heavy atom. The summed E-state index contributed by atoms with van der Waals surface area (Å²) in [5, 5.41) is 0.510. The smallest absolute Gasteiger partial charge is 0.216 e. The first-order chi connectivity index (χ1) is 10.7. The van der Waals surface area contributed by atoms with Crippen molar-refractivity contribution in [2.45, 2.75) is 19.2 Å². The summed E-state index contributed by atoms with van der Waals surface area (Å²) in [6, 6.07) is 8.62. The minimum atomic E-state index is -3.50. The highest BCUT2D eigenvalue weighted by molar-refractivity contribution is 7.88. The van der Waals surface area contributed by atoms with Gasteiger partial charge in [-0.3, -0.25) is 0 Å². The van der Waals surface area contributed by atoms with E-state index in [1.165, 1.54) is 0 Å². The lowest BCUT2D eigenvalue weighted by molar-refractivity contribution is 0.578. The molecule has 0 bridgehead atoms. The first-order valence-corrected chi connectivity index (χ1v) is 9.02. The lowest BCUT2D eigenvalue weighted by atomic mass is 10.2. The van der Waals surface area contributed by atoms with E-state index >= 15 is 0 Å². The maximum atomic E-state index is 12.2. The van der Waals surface area contributed by atoms with Crippen LogP contribution >= 0.6 is 11.6 Å². The van der Waals surface area contributed by atoms with Gasteiger partial charge in [0.25, 0.3) is 0 Å². The van der Waals surface area contributed by atoms with Crippen LogP contribution < -0.4 is 9.62 Å². The van der Waals surface area contributed by atoms with E-state index in [-0.39, 0.29) is 12.3 Å². The number of hydrogen-bond acceptors (Lipinski definition) is 5. The van der Waals surface area contributed by atoms with Crippen molar-refractivity contribution in [1.82, 2.24) is 14.7 Å². The zero-order valence-corrected chi connectivity index (χ0v) is 14.8. The molecule has 0 radical (unpaired) electrons. The molecule has 0 aliphatic carbocycles. The van der Waals surface area contributed by atoms with Gasteiger partial charge in [-0.2, -0.15) is 0 Å². The largest absolute Gasteiger partial charge is 0.363 e. The average Bonchev–Trinajstić information content (AvgIpc) is 2.44. The van der Waals surface area contributed by atoms with Crippen LogP contribution in [-0.4, -0.2) is 32.5 Å². The number of sulfonamides is 1. The predicted molar refractivity (Wildman–Crippen MR) is 92.0 cm³/mol. The highest BCUT2D eigenvalue weighted by atomic mass is 35.5. The molecular formula is C15H19ClN4O2S. The van der Waals surface area contributed by atoms with E-state index in [2.05, 4.69) is 14.7 Å². The van der Waals surface area contributed by atoms with Crippen LogP contribution in [0.4, 0.5) is 5.82 Å². The number of benzene rings is 1. The number of halogens is 1. The van der Waals surface area contributed by atoms with Crippen molar-refractivity contribution < 1.29 is 8.42 Å². The van der Waals surface area contributed by atoms with Crippen LogP contribution in [0, 0.1) is 6.92 Å². The first-order valence-electron chi connectivity index (χ1n) is 6.99. The normalized spacial score (nSPS) is 11.5. The molecule has 6 nitrogen and oxygen atoms in total. The van der Waals surface area contributed by atoms with Gasteiger partial charge in [-0.1, -0.05) is 23.7 Å².